The molecule has 3 aromatic carbocycles. The maximum Gasteiger partial charge on any atom is 0.305 e. The number of carbonyl (C=O) groups is 1. The molecule has 0 radical (unpaired) electrons. The molecule has 0 unspecified atom stereocenters. The smallest absolute Gasteiger partial charge is 0.305 e. The zero-order valence-electron chi connectivity index (χ0n) is 22.6. The van der Waals surface area contributed by atoms with Crippen LogP contribution in [0.5, 0.6) is 5.75 Å². The number of hydrogen-bond donors (Lipinski definition) is 2. The van der Waals surface area contributed by atoms with Gasteiger partial charge >= 0.3 is 5.97 Å². The summed E-state index contributed by atoms with van der Waals surface area (Å²) in [6.45, 7) is 3.97. The Morgan fingerprint density at radius 1 is 0.641 bits per heavy atom. The summed E-state index contributed by atoms with van der Waals surface area (Å²) in [5.41, 5.74) is 2.81. The maximum absolute atomic E-state index is 10.4. The van der Waals surface area contributed by atoms with E-state index in [0.717, 1.165) is 22.4 Å². The normalized spacial score (nSPS) is 11.4. The third kappa shape index (κ3) is 9.76. The Balaban J connectivity index is 1.48. The van der Waals surface area contributed by atoms with Gasteiger partial charge in [-0.3, -0.25) is 10.1 Å². The first-order valence-electron chi connectivity index (χ1n) is 13.2. The van der Waals surface area contributed by atoms with E-state index in [1.54, 1.807) is 7.11 Å². The summed E-state index contributed by atoms with van der Waals surface area (Å²) in [6.07, 6.45) is -0.000388. The number of carboxylic acids is 1. The van der Waals surface area contributed by atoms with Crippen LogP contribution in [0, 0.1) is 0 Å². The zero-order valence-corrected chi connectivity index (χ0v) is 22.6. The fourth-order valence-corrected chi connectivity index (χ4v) is 4.26. The minimum absolute atomic E-state index is 0.000388. The Labute approximate surface area is 230 Å². The number of rotatable bonds is 20. The highest BCUT2D eigenvalue weighted by atomic mass is 16.6. The molecule has 8 heteroatoms. The first-order chi connectivity index (χ1) is 19.2. The van der Waals surface area contributed by atoms with Crippen molar-refractivity contribution in [3.8, 4) is 5.75 Å². The Morgan fingerprint density at radius 3 is 1.54 bits per heavy atom. The van der Waals surface area contributed by atoms with Gasteiger partial charge in [-0.2, -0.15) is 0 Å². The molecule has 0 aliphatic heterocycles. The minimum Gasteiger partial charge on any atom is -0.497 e. The fraction of sp³-hybridized carbons (Fsp3) is 0.387. The summed E-state index contributed by atoms with van der Waals surface area (Å²) < 4.78 is 27.4. The highest BCUT2D eigenvalue weighted by Crippen LogP contribution is 2.37. The summed E-state index contributed by atoms with van der Waals surface area (Å²) in [7, 11) is 1.67. The van der Waals surface area contributed by atoms with Crippen LogP contribution in [0.2, 0.25) is 0 Å². The number of methoxy groups -OCH3 is 1. The Kier molecular flexibility index (Phi) is 13.5. The molecule has 3 rings (SSSR count). The van der Waals surface area contributed by atoms with Crippen molar-refractivity contribution in [3.05, 3.63) is 102 Å². The third-order valence-electron chi connectivity index (χ3n) is 6.15. The van der Waals surface area contributed by atoms with E-state index < -0.39 is 11.5 Å². The molecule has 39 heavy (non-hydrogen) atoms. The second-order valence-electron chi connectivity index (χ2n) is 8.73. The summed E-state index contributed by atoms with van der Waals surface area (Å²) in [5, 5.41) is 12.3. The van der Waals surface area contributed by atoms with Crippen LogP contribution in [0.4, 0.5) is 0 Å². The largest absolute Gasteiger partial charge is 0.497 e. The molecule has 0 aliphatic carbocycles. The summed E-state index contributed by atoms with van der Waals surface area (Å²) in [5.74, 6) is -0.0575. The lowest BCUT2D eigenvalue weighted by Crippen LogP contribution is -2.46. The van der Waals surface area contributed by atoms with Crippen LogP contribution >= 0.6 is 0 Å². The monoisotopic (exact) mass is 537 g/mol. The van der Waals surface area contributed by atoms with Gasteiger partial charge in [-0.05, 0) is 28.8 Å². The molecular weight excluding hydrogens is 498 g/mol. The molecule has 0 fully saturated rings. The van der Waals surface area contributed by atoms with Crippen molar-refractivity contribution in [3.63, 3.8) is 0 Å². The predicted molar refractivity (Wildman–Crippen MR) is 149 cm³/mol. The van der Waals surface area contributed by atoms with Crippen LogP contribution in [0.15, 0.2) is 84.9 Å². The molecule has 2 N–H and O–H groups in total. The van der Waals surface area contributed by atoms with E-state index in [2.05, 4.69) is 66.0 Å². The van der Waals surface area contributed by atoms with Gasteiger partial charge in [0.1, 0.15) is 5.75 Å². The molecule has 0 saturated carbocycles. The lowest BCUT2D eigenvalue weighted by molar-refractivity contribution is -0.138. The van der Waals surface area contributed by atoms with Gasteiger partial charge in [0, 0.05) is 6.54 Å². The van der Waals surface area contributed by atoms with Gasteiger partial charge in [-0.1, -0.05) is 72.8 Å². The number of nitrogens with one attached hydrogen (secondary N) is 1. The molecule has 8 nitrogen and oxygen atoms in total. The van der Waals surface area contributed by atoms with E-state index >= 15 is 0 Å². The van der Waals surface area contributed by atoms with E-state index in [1.807, 2.05) is 24.3 Å². The lowest BCUT2D eigenvalue weighted by Gasteiger charge is -2.37. The van der Waals surface area contributed by atoms with Crippen molar-refractivity contribution in [2.45, 2.75) is 12.0 Å². The average Bonchev–Trinajstić information content (AvgIpc) is 2.98. The van der Waals surface area contributed by atoms with Gasteiger partial charge in [0.2, 0.25) is 0 Å². The van der Waals surface area contributed by atoms with Crippen LogP contribution in [0.1, 0.15) is 23.1 Å². The predicted octanol–water partition coefficient (Wildman–Crippen LogP) is 4.12. The van der Waals surface area contributed by atoms with E-state index in [0.29, 0.717) is 52.8 Å². The molecular formula is C31H39NO7. The molecule has 0 aliphatic rings. The first kappa shape index (κ1) is 30.3. The molecule has 0 heterocycles. The molecule has 0 atom stereocenters. The van der Waals surface area contributed by atoms with Gasteiger partial charge < -0.3 is 28.8 Å². The Hall–Kier alpha value is -3.27. The van der Waals surface area contributed by atoms with Gasteiger partial charge in [0.05, 0.1) is 71.9 Å². The first-order valence-corrected chi connectivity index (χ1v) is 13.2. The molecule has 0 spiro atoms. The SMILES string of the molecule is COc1ccc(C(NCCOCCOCCOCCOCCC(=O)O)(c2ccccc2)c2ccccc2)cc1. The minimum atomic E-state index is -0.869. The molecule has 210 valence electrons. The van der Waals surface area contributed by atoms with Crippen molar-refractivity contribution in [2.24, 2.45) is 0 Å². The second-order valence-corrected chi connectivity index (χ2v) is 8.73. The van der Waals surface area contributed by atoms with E-state index in [1.165, 1.54) is 0 Å². The van der Waals surface area contributed by atoms with E-state index in [4.69, 9.17) is 28.8 Å². The lowest BCUT2D eigenvalue weighted by atomic mass is 9.77. The number of benzene rings is 3. The van der Waals surface area contributed by atoms with Crippen LogP contribution in [0.25, 0.3) is 0 Å². The maximum atomic E-state index is 10.4. The fourth-order valence-electron chi connectivity index (χ4n) is 4.26. The quantitative estimate of drug-likeness (QED) is 0.164. The van der Waals surface area contributed by atoms with Crippen LogP contribution in [-0.4, -0.2) is 77.6 Å². The molecule has 0 aromatic heterocycles. The van der Waals surface area contributed by atoms with Gasteiger partial charge in [0.15, 0.2) is 0 Å². The van der Waals surface area contributed by atoms with E-state index in [-0.39, 0.29) is 13.0 Å². The summed E-state index contributed by atoms with van der Waals surface area (Å²) in [4.78, 5) is 10.4. The second kappa shape index (κ2) is 17.3. The summed E-state index contributed by atoms with van der Waals surface area (Å²) in [6, 6.07) is 29.0. The molecule has 0 bridgehead atoms. The van der Waals surface area contributed by atoms with Crippen molar-refractivity contribution in [1.29, 1.82) is 0 Å². The number of hydrogen-bond acceptors (Lipinski definition) is 7. The van der Waals surface area contributed by atoms with E-state index in [9.17, 15) is 4.79 Å². The van der Waals surface area contributed by atoms with Crippen molar-refractivity contribution < 1.29 is 33.6 Å². The van der Waals surface area contributed by atoms with Gasteiger partial charge in [-0.15, -0.1) is 0 Å². The summed E-state index contributed by atoms with van der Waals surface area (Å²) >= 11 is 0. The van der Waals surface area contributed by atoms with Crippen molar-refractivity contribution >= 4 is 5.97 Å². The average molecular weight is 538 g/mol. The Morgan fingerprint density at radius 2 is 1.08 bits per heavy atom. The zero-order chi connectivity index (χ0) is 27.6. The topological polar surface area (TPSA) is 95.5 Å². The highest BCUT2D eigenvalue weighted by Gasteiger charge is 2.35. The number of ether oxygens (including phenoxy) is 5. The van der Waals surface area contributed by atoms with Crippen molar-refractivity contribution in [1.82, 2.24) is 5.32 Å². The standard InChI is InChI=1S/C31H39NO7/c1-35-29-14-12-28(13-15-29)31(26-8-4-2-5-9-26,27-10-6-3-7-11-27)32-17-19-37-21-23-39-25-24-38-22-20-36-18-16-30(33)34/h2-15,32H,16-25H2,1H3,(H,33,34). The van der Waals surface area contributed by atoms with Crippen LogP contribution in [0.3, 0.4) is 0 Å². The number of carboxylic acid groups (broad SMARTS) is 1. The van der Waals surface area contributed by atoms with Crippen LogP contribution < -0.4 is 10.1 Å². The highest BCUT2D eigenvalue weighted by molar-refractivity contribution is 5.66. The third-order valence-corrected chi connectivity index (χ3v) is 6.15. The van der Waals surface area contributed by atoms with Gasteiger partial charge in [0.25, 0.3) is 0 Å². The van der Waals surface area contributed by atoms with Crippen molar-refractivity contribution in [2.75, 3.05) is 66.5 Å². The molecule has 0 saturated heterocycles. The Bertz CT molecular complexity index is 1020. The van der Waals surface area contributed by atoms with Crippen LogP contribution in [-0.2, 0) is 29.3 Å². The number of aliphatic carboxylic acids is 1. The molecule has 0 amide bonds. The molecule has 3 aromatic rings. The van der Waals surface area contributed by atoms with Gasteiger partial charge in [-0.25, -0.2) is 0 Å².